The third-order valence-electron chi connectivity index (χ3n) is 3.25. The van der Waals surface area contributed by atoms with Gasteiger partial charge in [-0.2, -0.15) is 0 Å². The molecule has 2 aromatic rings. The molecule has 88 valence electrons. The zero-order valence-electron chi connectivity index (χ0n) is 9.47. The summed E-state index contributed by atoms with van der Waals surface area (Å²) in [7, 11) is 0. The standard InChI is InChI=1S/C12H14N4O/c17-12-10-3-1-2-4-11(10)14-15-16(12)9-5-7-13-8-6-9/h1-4,9,13H,5-8H2. The maximum atomic E-state index is 12.3. The molecule has 5 heteroatoms. The fourth-order valence-corrected chi connectivity index (χ4v) is 2.29. The third kappa shape index (κ3) is 1.82. The van der Waals surface area contributed by atoms with Crippen LogP contribution >= 0.6 is 0 Å². The summed E-state index contributed by atoms with van der Waals surface area (Å²) in [6.45, 7) is 1.87. The highest BCUT2D eigenvalue weighted by Crippen LogP contribution is 2.15. The first-order chi connectivity index (χ1) is 8.36. The first kappa shape index (κ1) is 10.4. The summed E-state index contributed by atoms with van der Waals surface area (Å²) in [5, 5.41) is 12.1. The first-order valence-corrected chi connectivity index (χ1v) is 5.91. The topological polar surface area (TPSA) is 59.8 Å². The second-order valence-corrected chi connectivity index (χ2v) is 4.34. The Kier molecular flexibility index (Phi) is 2.60. The van der Waals surface area contributed by atoms with Gasteiger partial charge in [0.15, 0.2) is 0 Å². The Morgan fingerprint density at radius 3 is 2.82 bits per heavy atom. The molecule has 2 heterocycles. The molecule has 5 nitrogen and oxygen atoms in total. The first-order valence-electron chi connectivity index (χ1n) is 5.91. The van der Waals surface area contributed by atoms with Crippen LogP contribution in [0.4, 0.5) is 0 Å². The second kappa shape index (κ2) is 4.25. The van der Waals surface area contributed by atoms with Crippen LogP contribution in [-0.2, 0) is 0 Å². The Morgan fingerprint density at radius 2 is 2.00 bits per heavy atom. The van der Waals surface area contributed by atoms with Gasteiger partial charge in [-0.05, 0) is 38.1 Å². The quantitative estimate of drug-likeness (QED) is 0.784. The van der Waals surface area contributed by atoms with Crippen molar-refractivity contribution in [3.05, 3.63) is 34.6 Å². The molecule has 1 N–H and O–H groups in total. The van der Waals surface area contributed by atoms with E-state index in [1.807, 2.05) is 24.3 Å². The lowest BCUT2D eigenvalue weighted by Crippen LogP contribution is -2.36. The zero-order chi connectivity index (χ0) is 11.7. The number of hydrogen-bond donors (Lipinski definition) is 1. The van der Waals surface area contributed by atoms with Gasteiger partial charge in [0, 0.05) is 0 Å². The Balaban J connectivity index is 2.11. The maximum Gasteiger partial charge on any atom is 0.277 e. The largest absolute Gasteiger partial charge is 0.317 e. The van der Waals surface area contributed by atoms with Crippen LogP contribution in [0.2, 0.25) is 0 Å². The van der Waals surface area contributed by atoms with Crippen LogP contribution < -0.4 is 10.9 Å². The van der Waals surface area contributed by atoms with E-state index in [-0.39, 0.29) is 11.6 Å². The van der Waals surface area contributed by atoms with Crippen molar-refractivity contribution in [2.75, 3.05) is 13.1 Å². The van der Waals surface area contributed by atoms with E-state index in [0.29, 0.717) is 10.9 Å². The molecule has 3 rings (SSSR count). The van der Waals surface area contributed by atoms with Crippen molar-refractivity contribution in [1.82, 2.24) is 20.3 Å². The number of aromatic nitrogens is 3. The van der Waals surface area contributed by atoms with Crippen LogP contribution in [0, 0.1) is 0 Å². The van der Waals surface area contributed by atoms with Crippen molar-refractivity contribution in [1.29, 1.82) is 0 Å². The summed E-state index contributed by atoms with van der Waals surface area (Å²) in [6.07, 6.45) is 1.87. The fraction of sp³-hybridized carbons (Fsp3) is 0.417. The van der Waals surface area contributed by atoms with E-state index < -0.39 is 0 Å². The maximum absolute atomic E-state index is 12.3. The predicted molar refractivity (Wildman–Crippen MR) is 64.9 cm³/mol. The van der Waals surface area contributed by atoms with Gasteiger partial charge in [-0.3, -0.25) is 4.79 Å². The Bertz CT molecular complexity index is 586. The summed E-state index contributed by atoms with van der Waals surface area (Å²) in [5.41, 5.74) is 0.644. The second-order valence-electron chi connectivity index (χ2n) is 4.34. The number of benzene rings is 1. The van der Waals surface area contributed by atoms with Gasteiger partial charge in [-0.15, -0.1) is 5.10 Å². The highest BCUT2D eigenvalue weighted by atomic mass is 16.1. The fourth-order valence-electron chi connectivity index (χ4n) is 2.29. The lowest BCUT2D eigenvalue weighted by Gasteiger charge is -2.22. The average Bonchev–Trinajstić information content (AvgIpc) is 2.40. The lowest BCUT2D eigenvalue weighted by molar-refractivity contribution is 0.324. The summed E-state index contributed by atoms with van der Waals surface area (Å²) < 4.78 is 1.54. The van der Waals surface area contributed by atoms with Gasteiger partial charge in [-0.1, -0.05) is 17.3 Å². The highest BCUT2D eigenvalue weighted by Gasteiger charge is 2.18. The monoisotopic (exact) mass is 230 g/mol. The third-order valence-corrected chi connectivity index (χ3v) is 3.25. The molecule has 0 radical (unpaired) electrons. The van der Waals surface area contributed by atoms with E-state index in [1.165, 1.54) is 0 Å². The SMILES string of the molecule is O=c1c2ccccc2nnn1C1CCNCC1. The molecule has 1 aliphatic rings. The van der Waals surface area contributed by atoms with Crippen molar-refractivity contribution >= 4 is 10.9 Å². The number of hydrogen-bond acceptors (Lipinski definition) is 4. The number of rotatable bonds is 1. The lowest BCUT2D eigenvalue weighted by atomic mass is 10.1. The molecule has 0 amide bonds. The van der Waals surface area contributed by atoms with Gasteiger partial charge in [0.25, 0.3) is 5.56 Å². The van der Waals surface area contributed by atoms with E-state index >= 15 is 0 Å². The van der Waals surface area contributed by atoms with Gasteiger partial charge in [0.05, 0.1) is 11.4 Å². The summed E-state index contributed by atoms with van der Waals surface area (Å²) in [6, 6.07) is 7.53. The molecule has 0 unspecified atom stereocenters. The number of piperidine rings is 1. The molecule has 1 aliphatic heterocycles. The Labute approximate surface area is 98.4 Å². The smallest absolute Gasteiger partial charge is 0.277 e. The molecule has 1 fully saturated rings. The van der Waals surface area contributed by atoms with Crippen molar-refractivity contribution in [3.8, 4) is 0 Å². The van der Waals surface area contributed by atoms with Crippen molar-refractivity contribution in [2.45, 2.75) is 18.9 Å². The molecule has 0 spiro atoms. The molecule has 0 aliphatic carbocycles. The Hall–Kier alpha value is -1.75. The number of nitrogens with one attached hydrogen (secondary N) is 1. The molecule has 1 saturated heterocycles. The molecule has 0 saturated carbocycles. The molecule has 1 aromatic heterocycles. The molecule has 1 aromatic carbocycles. The minimum absolute atomic E-state index is 0.0255. The van der Waals surface area contributed by atoms with Gasteiger partial charge in [-0.25, -0.2) is 4.68 Å². The van der Waals surface area contributed by atoms with Gasteiger partial charge >= 0.3 is 0 Å². The minimum atomic E-state index is -0.0255. The van der Waals surface area contributed by atoms with Gasteiger partial charge in [0.2, 0.25) is 0 Å². The van der Waals surface area contributed by atoms with E-state index in [2.05, 4.69) is 15.6 Å². The van der Waals surface area contributed by atoms with E-state index in [9.17, 15) is 4.79 Å². The van der Waals surface area contributed by atoms with Crippen molar-refractivity contribution in [3.63, 3.8) is 0 Å². The average molecular weight is 230 g/mol. The van der Waals surface area contributed by atoms with Gasteiger partial charge < -0.3 is 5.32 Å². The molecular formula is C12H14N4O. The minimum Gasteiger partial charge on any atom is -0.317 e. The Morgan fingerprint density at radius 1 is 1.24 bits per heavy atom. The van der Waals surface area contributed by atoms with Crippen LogP contribution in [0.25, 0.3) is 10.9 Å². The van der Waals surface area contributed by atoms with Crippen molar-refractivity contribution < 1.29 is 0 Å². The molecule has 0 atom stereocenters. The van der Waals surface area contributed by atoms with Crippen LogP contribution in [0.1, 0.15) is 18.9 Å². The number of nitrogens with zero attached hydrogens (tertiary/aromatic N) is 3. The normalized spacial score (nSPS) is 17.4. The molecule has 17 heavy (non-hydrogen) atoms. The van der Waals surface area contributed by atoms with Crippen LogP contribution in [0.5, 0.6) is 0 Å². The van der Waals surface area contributed by atoms with E-state index in [0.717, 1.165) is 25.9 Å². The predicted octanol–water partition coefficient (Wildman–Crippen LogP) is 0.716. The highest BCUT2D eigenvalue weighted by molar-refractivity contribution is 5.76. The summed E-state index contributed by atoms with van der Waals surface area (Å²) in [4.78, 5) is 12.3. The molecule has 0 bridgehead atoms. The van der Waals surface area contributed by atoms with E-state index in [1.54, 1.807) is 4.68 Å². The summed E-state index contributed by atoms with van der Waals surface area (Å²) in [5.74, 6) is 0. The zero-order valence-corrected chi connectivity index (χ0v) is 9.47. The van der Waals surface area contributed by atoms with Crippen LogP contribution in [0.3, 0.4) is 0 Å². The van der Waals surface area contributed by atoms with Crippen LogP contribution in [0.15, 0.2) is 29.1 Å². The number of fused-ring (bicyclic) bond motifs is 1. The molecular weight excluding hydrogens is 216 g/mol. The summed E-state index contributed by atoms with van der Waals surface area (Å²) >= 11 is 0. The van der Waals surface area contributed by atoms with Gasteiger partial charge in [0.1, 0.15) is 5.52 Å². The van der Waals surface area contributed by atoms with E-state index in [4.69, 9.17) is 0 Å². The van der Waals surface area contributed by atoms with Crippen molar-refractivity contribution in [2.24, 2.45) is 0 Å². The van der Waals surface area contributed by atoms with Crippen LogP contribution in [-0.4, -0.2) is 28.1 Å².